The first-order valence-electron chi connectivity index (χ1n) is 8.78. The van der Waals surface area contributed by atoms with E-state index in [1.54, 1.807) is 29.0 Å². The first-order valence-corrected chi connectivity index (χ1v) is 8.78. The molecule has 1 saturated heterocycles. The second-order valence-corrected chi connectivity index (χ2v) is 7.21. The summed E-state index contributed by atoms with van der Waals surface area (Å²) >= 11 is 0. The predicted molar refractivity (Wildman–Crippen MR) is 94.5 cm³/mol. The molecule has 2 aliphatic heterocycles. The first-order chi connectivity index (χ1) is 12.4. The second kappa shape index (κ2) is 5.93. The predicted octanol–water partition coefficient (Wildman–Crippen LogP) is 2.33. The maximum atomic E-state index is 13.4. The molecule has 136 valence electrons. The average Bonchev–Trinajstić information content (AvgIpc) is 3.03. The summed E-state index contributed by atoms with van der Waals surface area (Å²) in [4.78, 5) is 28.5. The van der Waals surface area contributed by atoms with Crippen molar-refractivity contribution in [2.45, 2.75) is 31.7 Å². The van der Waals surface area contributed by atoms with E-state index in [0.29, 0.717) is 37.9 Å². The summed E-state index contributed by atoms with van der Waals surface area (Å²) in [6.45, 7) is 2.95. The van der Waals surface area contributed by atoms with Crippen LogP contribution >= 0.6 is 0 Å². The number of anilines is 1. The van der Waals surface area contributed by atoms with Crippen LogP contribution in [0.2, 0.25) is 0 Å². The van der Waals surface area contributed by atoms with Crippen LogP contribution in [0.5, 0.6) is 0 Å². The minimum atomic E-state index is -0.415. The number of aromatic nitrogens is 2. The molecular formula is C19H21FN4O2. The van der Waals surface area contributed by atoms with Crippen LogP contribution in [0.15, 0.2) is 30.3 Å². The van der Waals surface area contributed by atoms with Crippen LogP contribution in [0.3, 0.4) is 0 Å². The second-order valence-electron chi connectivity index (χ2n) is 7.21. The SMILES string of the molecule is Cc1cc2n(n1)C1(CCN(C(=O)c3cccc(F)c3)CC1)CC(=O)N2C. The molecule has 0 atom stereocenters. The summed E-state index contributed by atoms with van der Waals surface area (Å²) in [5.41, 5.74) is 0.849. The van der Waals surface area contributed by atoms with Crippen molar-refractivity contribution in [3.8, 4) is 0 Å². The van der Waals surface area contributed by atoms with Gasteiger partial charge in [-0.3, -0.25) is 9.59 Å². The molecule has 1 aromatic heterocycles. The van der Waals surface area contributed by atoms with Crippen LogP contribution in [0.25, 0.3) is 0 Å². The zero-order valence-corrected chi connectivity index (χ0v) is 14.9. The molecule has 2 aliphatic rings. The number of nitrogens with zero attached hydrogens (tertiary/aromatic N) is 4. The molecule has 2 aromatic rings. The lowest BCUT2D eigenvalue weighted by Crippen LogP contribution is -2.54. The first kappa shape index (κ1) is 16.8. The van der Waals surface area contributed by atoms with Gasteiger partial charge in [0.15, 0.2) is 0 Å². The number of rotatable bonds is 1. The Morgan fingerprint density at radius 2 is 1.96 bits per heavy atom. The number of aryl methyl sites for hydroxylation is 1. The standard InChI is InChI=1S/C19H21FN4O2/c1-13-10-16-22(2)17(25)12-19(24(16)21-13)6-8-23(9-7-19)18(26)14-4-3-5-15(20)11-14/h3-5,10-11H,6-9,12H2,1-2H3. The van der Waals surface area contributed by atoms with Crippen molar-refractivity contribution in [1.82, 2.24) is 14.7 Å². The number of carbonyl (C=O) groups excluding carboxylic acids is 2. The van der Waals surface area contributed by atoms with Crippen LogP contribution < -0.4 is 4.90 Å². The zero-order chi connectivity index (χ0) is 18.5. The van der Waals surface area contributed by atoms with Crippen LogP contribution in [0, 0.1) is 12.7 Å². The number of amides is 2. The topological polar surface area (TPSA) is 58.4 Å². The number of piperidine rings is 1. The highest BCUT2D eigenvalue weighted by Gasteiger charge is 2.45. The van der Waals surface area contributed by atoms with Crippen LogP contribution in [0.4, 0.5) is 10.2 Å². The average molecular weight is 356 g/mol. The Bertz CT molecular complexity index is 883. The fourth-order valence-electron chi connectivity index (χ4n) is 4.00. The molecule has 1 aromatic carbocycles. The molecule has 7 heteroatoms. The van der Waals surface area contributed by atoms with Crippen LogP contribution in [0.1, 0.15) is 35.3 Å². The van der Waals surface area contributed by atoms with E-state index in [4.69, 9.17) is 0 Å². The highest BCUT2D eigenvalue weighted by molar-refractivity contribution is 5.95. The van der Waals surface area contributed by atoms with Gasteiger partial charge in [0, 0.05) is 31.8 Å². The van der Waals surface area contributed by atoms with Crippen molar-refractivity contribution in [2.24, 2.45) is 0 Å². The number of hydrogen-bond acceptors (Lipinski definition) is 3. The lowest BCUT2D eigenvalue weighted by Gasteiger charge is -2.46. The Hall–Kier alpha value is -2.70. The lowest BCUT2D eigenvalue weighted by molar-refractivity contribution is -0.122. The third-order valence-electron chi connectivity index (χ3n) is 5.51. The normalized spacial score (nSPS) is 19.0. The quantitative estimate of drug-likeness (QED) is 0.788. The van der Waals surface area contributed by atoms with E-state index >= 15 is 0 Å². The minimum Gasteiger partial charge on any atom is -0.338 e. The number of halogens is 1. The Kier molecular flexibility index (Phi) is 3.82. The van der Waals surface area contributed by atoms with Gasteiger partial charge in [-0.1, -0.05) is 6.07 Å². The van der Waals surface area contributed by atoms with Gasteiger partial charge in [0.2, 0.25) is 5.91 Å². The van der Waals surface area contributed by atoms with Crippen molar-refractivity contribution < 1.29 is 14.0 Å². The molecular weight excluding hydrogens is 335 g/mol. The Morgan fingerprint density at radius 3 is 2.65 bits per heavy atom. The molecule has 0 radical (unpaired) electrons. The minimum absolute atomic E-state index is 0.0716. The molecule has 0 N–H and O–H groups in total. The Balaban J connectivity index is 1.57. The van der Waals surface area contributed by atoms with Gasteiger partial charge in [-0.25, -0.2) is 9.07 Å². The summed E-state index contributed by atoms with van der Waals surface area (Å²) in [7, 11) is 1.77. The van der Waals surface area contributed by atoms with Crippen molar-refractivity contribution in [2.75, 3.05) is 25.0 Å². The molecule has 26 heavy (non-hydrogen) atoms. The van der Waals surface area contributed by atoms with E-state index in [2.05, 4.69) is 5.10 Å². The van der Waals surface area contributed by atoms with Gasteiger partial charge < -0.3 is 9.80 Å². The summed E-state index contributed by atoms with van der Waals surface area (Å²) < 4.78 is 15.4. The molecule has 0 bridgehead atoms. The van der Waals surface area contributed by atoms with E-state index in [1.165, 1.54) is 12.1 Å². The molecule has 0 aliphatic carbocycles. The molecule has 3 heterocycles. The van der Waals surface area contributed by atoms with E-state index in [0.717, 1.165) is 11.5 Å². The molecule has 0 unspecified atom stereocenters. The number of carbonyl (C=O) groups is 2. The highest BCUT2D eigenvalue weighted by atomic mass is 19.1. The monoisotopic (exact) mass is 356 g/mol. The highest BCUT2D eigenvalue weighted by Crippen LogP contribution is 2.41. The Morgan fingerprint density at radius 1 is 1.23 bits per heavy atom. The largest absolute Gasteiger partial charge is 0.338 e. The van der Waals surface area contributed by atoms with Gasteiger partial charge in [-0.05, 0) is 38.0 Å². The van der Waals surface area contributed by atoms with Crippen molar-refractivity contribution >= 4 is 17.6 Å². The van der Waals surface area contributed by atoms with Gasteiger partial charge in [-0.15, -0.1) is 0 Å². The van der Waals surface area contributed by atoms with Gasteiger partial charge in [0.1, 0.15) is 11.6 Å². The molecule has 1 fully saturated rings. The molecule has 0 saturated carbocycles. The number of benzene rings is 1. The van der Waals surface area contributed by atoms with Gasteiger partial charge in [-0.2, -0.15) is 5.10 Å². The molecule has 6 nitrogen and oxygen atoms in total. The third-order valence-corrected chi connectivity index (χ3v) is 5.51. The van der Waals surface area contributed by atoms with Crippen molar-refractivity contribution in [3.05, 3.63) is 47.4 Å². The summed E-state index contributed by atoms with van der Waals surface area (Å²) in [6.07, 6.45) is 1.70. The zero-order valence-electron chi connectivity index (χ0n) is 14.9. The fourth-order valence-corrected chi connectivity index (χ4v) is 4.00. The molecule has 1 spiro atoms. The van der Waals surface area contributed by atoms with E-state index < -0.39 is 5.82 Å². The van der Waals surface area contributed by atoms with Crippen molar-refractivity contribution in [1.29, 1.82) is 0 Å². The number of likely N-dealkylation sites (tertiary alicyclic amines) is 1. The molecule has 4 rings (SSSR count). The fraction of sp³-hybridized carbons (Fsp3) is 0.421. The van der Waals surface area contributed by atoms with E-state index in [-0.39, 0.29) is 17.4 Å². The van der Waals surface area contributed by atoms with E-state index in [1.807, 2.05) is 17.7 Å². The van der Waals surface area contributed by atoms with Gasteiger partial charge in [0.05, 0.1) is 17.7 Å². The third kappa shape index (κ3) is 2.58. The Labute approximate surface area is 151 Å². The van der Waals surface area contributed by atoms with Crippen molar-refractivity contribution in [3.63, 3.8) is 0 Å². The number of hydrogen-bond donors (Lipinski definition) is 0. The summed E-state index contributed by atoms with van der Waals surface area (Å²) in [5, 5.41) is 4.62. The van der Waals surface area contributed by atoms with Gasteiger partial charge in [0.25, 0.3) is 5.91 Å². The van der Waals surface area contributed by atoms with Crippen LogP contribution in [-0.2, 0) is 10.3 Å². The molecule has 2 amide bonds. The summed E-state index contributed by atoms with van der Waals surface area (Å²) in [6, 6.07) is 7.68. The van der Waals surface area contributed by atoms with Crippen LogP contribution in [-0.4, -0.2) is 46.6 Å². The lowest BCUT2D eigenvalue weighted by atomic mass is 9.82. The summed E-state index contributed by atoms with van der Waals surface area (Å²) in [5.74, 6) is 0.295. The van der Waals surface area contributed by atoms with E-state index in [9.17, 15) is 14.0 Å². The smallest absolute Gasteiger partial charge is 0.253 e. The maximum absolute atomic E-state index is 13.4. The number of fused-ring (bicyclic) bond motifs is 2. The van der Waals surface area contributed by atoms with Gasteiger partial charge >= 0.3 is 0 Å². The maximum Gasteiger partial charge on any atom is 0.253 e.